The summed E-state index contributed by atoms with van der Waals surface area (Å²) < 4.78 is 5.75. The minimum absolute atomic E-state index is 0.231. The van der Waals surface area contributed by atoms with Crippen molar-refractivity contribution in [1.82, 2.24) is 0 Å². The number of rotatable bonds is 2. The fraction of sp³-hybridized carbons (Fsp3) is 0.0667. The lowest BCUT2D eigenvalue weighted by Crippen LogP contribution is -2.10. The Kier molecular flexibility index (Phi) is 2.87. The molecule has 0 unspecified atom stereocenters. The normalized spacial score (nSPS) is 11.4. The third-order valence-electron chi connectivity index (χ3n) is 2.97. The van der Waals surface area contributed by atoms with Crippen molar-refractivity contribution in [2.45, 2.75) is 6.92 Å². The molecule has 0 bridgehead atoms. The summed E-state index contributed by atoms with van der Waals surface area (Å²) in [7, 11) is 0. The van der Waals surface area contributed by atoms with Gasteiger partial charge < -0.3 is 15.4 Å². The average molecular weight is 268 g/mol. The van der Waals surface area contributed by atoms with E-state index in [1.807, 2.05) is 24.3 Å². The topological polar surface area (TPSA) is 67.4 Å². The van der Waals surface area contributed by atoms with Gasteiger partial charge in [0, 0.05) is 12.5 Å². The van der Waals surface area contributed by atoms with Crippen LogP contribution in [0, 0.1) is 0 Å². The lowest BCUT2D eigenvalue weighted by atomic mass is 10.1. The first kappa shape index (κ1) is 12.2. The van der Waals surface area contributed by atoms with E-state index in [2.05, 4.69) is 10.6 Å². The monoisotopic (exact) mass is 268 g/mol. The van der Waals surface area contributed by atoms with Gasteiger partial charge in [0.05, 0.1) is 17.1 Å². The van der Waals surface area contributed by atoms with Crippen LogP contribution < -0.4 is 15.4 Å². The molecule has 0 radical (unpaired) electrons. The van der Waals surface area contributed by atoms with Gasteiger partial charge in [0.25, 0.3) is 0 Å². The van der Waals surface area contributed by atoms with Gasteiger partial charge in [-0.25, -0.2) is 0 Å². The number of ether oxygens (including phenoxy) is 1. The van der Waals surface area contributed by atoms with Gasteiger partial charge in [-0.05, 0) is 24.3 Å². The van der Waals surface area contributed by atoms with Crippen molar-refractivity contribution in [3.63, 3.8) is 0 Å². The molecule has 2 aromatic carbocycles. The van der Waals surface area contributed by atoms with Gasteiger partial charge in [0.15, 0.2) is 17.8 Å². The molecular weight excluding hydrogens is 256 g/mol. The fourth-order valence-electron chi connectivity index (χ4n) is 2.10. The molecular formula is C15H12N2O3. The van der Waals surface area contributed by atoms with Crippen LogP contribution in [0.5, 0.6) is 11.5 Å². The first-order chi connectivity index (χ1) is 9.67. The second-order valence-electron chi connectivity index (χ2n) is 4.46. The number of fused-ring (bicyclic) bond motifs is 2. The lowest BCUT2D eigenvalue weighted by molar-refractivity contribution is -0.114. The predicted octanol–water partition coefficient (Wildman–Crippen LogP) is 3.31. The van der Waals surface area contributed by atoms with E-state index >= 15 is 0 Å². The maximum absolute atomic E-state index is 11.2. The molecule has 1 amide bonds. The molecule has 1 heterocycles. The number of para-hydroxylation sites is 2. The maximum Gasteiger partial charge on any atom is 0.221 e. The van der Waals surface area contributed by atoms with Crippen LogP contribution in [0.25, 0.3) is 0 Å². The smallest absolute Gasteiger partial charge is 0.221 e. The summed E-state index contributed by atoms with van der Waals surface area (Å²) in [6, 6.07) is 10.8. The molecule has 5 nitrogen and oxygen atoms in total. The number of amides is 1. The van der Waals surface area contributed by atoms with E-state index in [9.17, 15) is 9.59 Å². The highest BCUT2D eigenvalue weighted by Gasteiger charge is 2.18. The molecule has 1 aliphatic rings. The van der Waals surface area contributed by atoms with Crippen LogP contribution >= 0.6 is 0 Å². The van der Waals surface area contributed by atoms with Crippen molar-refractivity contribution in [2.75, 3.05) is 10.6 Å². The van der Waals surface area contributed by atoms with E-state index in [-0.39, 0.29) is 5.91 Å². The molecule has 5 heteroatoms. The molecule has 0 fully saturated rings. The molecule has 0 spiro atoms. The highest BCUT2D eigenvalue weighted by atomic mass is 16.5. The zero-order valence-electron chi connectivity index (χ0n) is 10.8. The molecule has 20 heavy (non-hydrogen) atoms. The number of carbonyl (C=O) groups is 2. The van der Waals surface area contributed by atoms with Crippen LogP contribution in [0.2, 0.25) is 0 Å². The van der Waals surface area contributed by atoms with Crippen LogP contribution in [0.3, 0.4) is 0 Å². The van der Waals surface area contributed by atoms with Crippen LogP contribution in [-0.2, 0) is 4.79 Å². The summed E-state index contributed by atoms with van der Waals surface area (Å²) in [6.45, 7) is 1.40. The van der Waals surface area contributed by atoms with Crippen molar-refractivity contribution in [3.8, 4) is 11.5 Å². The van der Waals surface area contributed by atoms with Crippen LogP contribution in [0.4, 0.5) is 17.1 Å². The molecule has 1 aliphatic heterocycles. The lowest BCUT2D eigenvalue weighted by Gasteiger charge is -2.23. The molecule has 2 N–H and O–H groups in total. The number of anilines is 3. The minimum atomic E-state index is -0.231. The standard InChI is InChI=1S/C15H12N2O3/c1-9(19)16-12-7-13-15(6-10(12)8-18)20-14-5-3-2-4-11(14)17-13/h2-8,17H,1H3,(H,16,19). The fourth-order valence-corrected chi connectivity index (χ4v) is 2.10. The highest BCUT2D eigenvalue weighted by Crippen LogP contribution is 2.43. The van der Waals surface area contributed by atoms with Gasteiger partial charge in [0.2, 0.25) is 5.91 Å². The first-order valence-electron chi connectivity index (χ1n) is 6.12. The largest absolute Gasteiger partial charge is 0.453 e. The van der Waals surface area contributed by atoms with Gasteiger partial charge in [-0.15, -0.1) is 0 Å². The average Bonchev–Trinajstić information content (AvgIpc) is 2.44. The zero-order chi connectivity index (χ0) is 14.1. The Balaban J connectivity index is 2.05. The van der Waals surface area contributed by atoms with E-state index < -0.39 is 0 Å². The molecule has 100 valence electrons. The van der Waals surface area contributed by atoms with Crippen LogP contribution in [-0.4, -0.2) is 12.2 Å². The number of hydrogen-bond donors (Lipinski definition) is 2. The molecule has 3 rings (SSSR count). The van der Waals surface area contributed by atoms with E-state index in [1.54, 1.807) is 12.1 Å². The summed E-state index contributed by atoms with van der Waals surface area (Å²) in [5, 5.41) is 5.85. The number of carbonyl (C=O) groups excluding carboxylic acids is 2. The Morgan fingerprint density at radius 1 is 1.20 bits per heavy atom. The summed E-state index contributed by atoms with van der Waals surface area (Å²) >= 11 is 0. The SMILES string of the molecule is CC(=O)Nc1cc2c(cc1C=O)Oc1ccccc1N2. The molecule has 2 aromatic rings. The van der Waals surface area contributed by atoms with Gasteiger partial charge in [0.1, 0.15) is 0 Å². The number of nitrogens with one attached hydrogen (secondary N) is 2. The van der Waals surface area contributed by atoms with Crippen molar-refractivity contribution in [3.05, 3.63) is 42.0 Å². The third-order valence-corrected chi connectivity index (χ3v) is 2.97. The van der Waals surface area contributed by atoms with Gasteiger partial charge in [-0.3, -0.25) is 9.59 Å². The number of aldehydes is 1. The van der Waals surface area contributed by atoms with Gasteiger partial charge >= 0.3 is 0 Å². The van der Waals surface area contributed by atoms with E-state index in [4.69, 9.17) is 4.74 Å². The van der Waals surface area contributed by atoms with Gasteiger partial charge in [-0.1, -0.05) is 12.1 Å². The second-order valence-corrected chi connectivity index (χ2v) is 4.46. The quantitative estimate of drug-likeness (QED) is 0.700. The molecule has 0 aromatic heterocycles. The Bertz CT molecular complexity index is 710. The van der Waals surface area contributed by atoms with Crippen molar-refractivity contribution in [1.29, 1.82) is 0 Å². The summed E-state index contributed by atoms with van der Waals surface area (Å²) in [5.74, 6) is 1.02. The Morgan fingerprint density at radius 3 is 2.75 bits per heavy atom. The van der Waals surface area contributed by atoms with Crippen molar-refractivity contribution < 1.29 is 14.3 Å². The Labute approximate surface area is 115 Å². The number of hydrogen-bond acceptors (Lipinski definition) is 4. The zero-order valence-corrected chi connectivity index (χ0v) is 10.8. The maximum atomic E-state index is 11.2. The van der Waals surface area contributed by atoms with Crippen molar-refractivity contribution in [2.24, 2.45) is 0 Å². The predicted molar refractivity (Wildman–Crippen MR) is 75.9 cm³/mol. The molecule has 0 saturated carbocycles. The number of benzene rings is 2. The van der Waals surface area contributed by atoms with Gasteiger partial charge in [-0.2, -0.15) is 0 Å². The third kappa shape index (κ3) is 2.09. The first-order valence-corrected chi connectivity index (χ1v) is 6.12. The molecule has 0 aliphatic carbocycles. The summed E-state index contributed by atoms with van der Waals surface area (Å²) in [6.07, 6.45) is 0.690. The minimum Gasteiger partial charge on any atom is -0.453 e. The van der Waals surface area contributed by atoms with E-state index in [0.29, 0.717) is 34.7 Å². The van der Waals surface area contributed by atoms with E-state index in [0.717, 1.165) is 5.69 Å². The second kappa shape index (κ2) is 4.70. The van der Waals surface area contributed by atoms with Crippen LogP contribution in [0.15, 0.2) is 36.4 Å². The summed E-state index contributed by atoms with van der Waals surface area (Å²) in [5.41, 5.74) is 2.38. The Morgan fingerprint density at radius 2 is 2.00 bits per heavy atom. The van der Waals surface area contributed by atoms with Crippen molar-refractivity contribution >= 4 is 29.3 Å². The highest BCUT2D eigenvalue weighted by molar-refractivity contribution is 5.97. The van der Waals surface area contributed by atoms with Crippen LogP contribution in [0.1, 0.15) is 17.3 Å². The van der Waals surface area contributed by atoms with E-state index in [1.165, 1.54) is 6.92 Å². The molecule has 0 saturated heterocycles. The Hall–Kier alpha value is -2.82. The summed E-state index contributed by atoms with van der Waals surface area (Å²) in [4.78, 5) is 22.3. The molecule has 0 atom stereocenters.